The summed E-state index contributed by atoms with van der Waals surface area (Å²) in [6.07, 6.45) is 1.02. The van der Waals surface area contributed by atoms with Gasteiger partial charge in [0.15, 0.2) is 0 Å². The first-order chi connectivity index (χ1) is 21.3. The molecule has 0 unspecified atom stereocenters. The Kier molecular flexibility index (Phi) is 10.4. The zero-order valence-electron chi connectivity index (χ0n) is 25.6. The number of hydrogen-bond donors (Lipinski definition) is 0. The molecule has 5 rings (SSSR count). The molecule has 0 saturated carbocycles. The summed E-state index contributed by atoms with van der Waals surface area (Å²) in [6, 6.07) is 22.5. The van der Waals surface area contributed by atoms with Crippen LogP contribution >= 0.6 is 0 Å². The Morgan fingerprint density at radius 1 is 1.05 bits per heavy atom. The van der Waals surface area contributed by atoms with Crippen molar-refractivity contribution in [2.24, 2.45) is 0 Å². The van der Waals surface area contributed by atoms with Crippen molar-refractivity contribution in [3.05, 3.63) is 83.4 Å². The highest BCUT2D eigenvalue weighted by Gasteiger charge is 2.43. The maximum atomic E-state index is 14.0. The first kappa shape index (κ1) is 31.8. The number of fused-ring (bicyclic) bond motifs is 1. The summed E-state index contributed by atoms with van der Waals surface area (Å²) >= 11 is 0. The van der Waals surface area contributed by atoms with E-state index in [-0.39, 0.29) is 23.8 Å². The number of ether oxygens (including phenoxy) is 4. The molecule has 3 aromatic carbocycles. The average Bonchev–Trinajstić information content (AvgIpc) is 3.04. The Balaban J connectivity index is 1.43. The summed E-state index contributed by atoms with van der Waals surface area (Å²) < 4.78 is 52.5. The monoisotopic (exact) mass is 619 g/mol. The zero-order chi connectivity index (χ0) is 31.1. The maximum absolute atomic E-state index is 14.0. The van der Waals surface area contributed by atoms with Gasteiger partial charge in [-0.1, -0.05) is 35.9 Å². The predicted octanol–water partition coefficient (Wildman–Crippen LogP) is 5.28. The topological polar surface area (TPSA) is 101 Å². The smallest absolute Gasteiger partial charge is 0.243 e. The molecule has 0 bridgehead atoms. The summed E-state index contributed by atoms with van der Waals surface area (Å²) in [5.74, 6) is 1.47. The van der Waals surface area contributed by atoms with Crippen molar-refractivity contribution in [3.8, 4) is 17.6 Å². The van der Waals surface area contributed by atoms with Gasteiger partial charge in [-0.25, -0.2) is 8.42 Å². The summed E-state index contributed by atoms with van der Waals surface area (Å²) in [7, 11) is -0.527. The van der Waals surface area contributed by atoms with E-state index in [0.717, 1.165) is 53.4 Å². The molecule has 0 aromatic heterocycles. The Morgan fingerprint density at radius 2 is 1.82 bits per heavy atom. The summed E-state index contributed by atoms with van der Waals surface area (Å²) in [6.45, 7) is 5.35. The first-order valence-corrected chi connectivity index (χ1v) is 16.5. The van der Waals surface area contributed by atoms with Gasteiger partial charge in [-0.3, -0.25) is 0 Å². The van der Waals surface area contributed by atoms with E-state index in [4.69, 9.17) is 18.9 Å². The number of hydrogen-bond acceptors (Lipinski definition) is 8. The van der Waals surface area contributed by atoms with E-state index in [9.17, 15) is 13.7 Å². The number of nitriles is 1. The highest BCUT2D eigenvalue weighted by Crippen LogP contribution is 2.39. The number of anilines is 1. The number of sulfonamides is 1. The van der Waals surface area contributed by atoms with Crippen LogP contribution in [-0.4, -0.2) is 71.9 Å². The van der Waals surface area contributed by atoms with E-state index in [1.807, 2.05) is 43.3 Å². The van der Waals surface area contributed by atoms with Gasteiger partial charge >= 0.3 is 0 Å². The van der Waals surface area contributed by atoms with Crippen LogP contribution in [0.25, 0.3) is 0 Å². The molecule has 1 fully saturated rings. The maximum Gasteiger partial charge on any atom is 0.243 e. The molecule has 0 aliphatic carbocycles. The SMILES string of the molecule is COCCCN1CCOc2ccc(CO[C@H]3CN(S(=O)(=O)c4ccc(C)cc4)[C@H](CC#N)C[C@@H]3c3ccc(OC)cc3)cc21. The van der Waals surface area contributed by atoms with Gasteiger partial charge in [0.1, 0.15) is 18.1 Å². The molecule has 234 valence electrons. The third-order valence-corrected chi connectivity index (χ3v) is 10.4. The van der Waals surface area contributed by atoms with E-state index in [2.05, 4.69) is 17.0 Å². The lowest BCUT2D eigenvalue weighted by atomic mass is 9.83. The van der Waals surface area contributed by atoms with Gasteiger partial charge in [0.2, 0.25) is 10.0 Å². The quantitative estimate of drug-likeness (QED) is 0.252. The van der Waals surface area contributed by atoms with Gasteiger partial charge in [0, 0.05) is 38.8 Å². The molecule has 0 spiro atoms. The molecule has 0 radical (unpaired) electrons. The van der Waals surface area contributed by atoms with E-state index < -0.39 is 22.2 Å². The van der Waals surface area contributed by atoms with Gasteiger partial charge in [0.05, 0.1) is 49.4 Å². The Bertz CT molecular complexity index is 1540. The lowest BCUT2D eigenvalue weighted by molar-refractivity contribution is -0.0192. The second-order valence-corrected chi connectivity index (χ2v) is 13.2. The number of piperidine rings is 1. The summed E-state index contributed by atoms with van der Waals surface area (Å²) in [5.41, 5.74) is 4.01. The van der Waals surface area contributed by atoms with Crippen LogP contribution in [0.4, 0.5) is 5.69 Å². The number of rotatable bonds is 12. The third-order valence-electron chi connectivity index (χ3n) is 8.46. The molecule has 3 atom stereocenters. The molecule has 2 aliphatic rings. The van der Waals surface area contributed by atoms with Crippen LogP contribution in [-0.2, 0) is 26.1 Å². The van der Waals surface area contributed by atoms with Gasteiger partial charge in [-0.15, -0.1) is 0 Å². The van der Waals surface area contributed by atoms with Gasteiger partial charge < -0.3 is 23.8 Å². The van der Waals surface area contributed by atoms with Crippen LogP contribution in [0.3, 0.4) is 0 Å². The van der Waals surface area contributed by atoms with Crippen LogP contribution in [0.2, 0.25) is 0 Å². The first-order valence-electron chi connectivity index (χ1n) is 15.0. The molecule has 0 amide bonds. The lowest BCUT2D eigenvalue weighted by Gasteiger charge is -2.42. The highest BCUT2D eigenvalue weighted by atomic mass is 32.2. The van der Waals surface area contributed by atoms with E-state index in [1.165, 1.54) is 4.31 Å². The Labute approximate surface area is 261 Å². The van der Waals surface area contributed by atoms with Crippen molar-refractivity contribution in [2.75, 3.05) is 52.0 Å². The zero-order valence-corrected chi connectivity index (χ0v) is 26.5. The Morgan fingerprint density at radius 3 is 2.52 bits per heavy atom. The van der Waals surface area contributed by atoms with Crippen LogP contribution in [0.1, 0.15) is 41.9 Å². The molecule has 3 aromatic rings. The molecule has 2 heterocycles. The second-order valence-electron chi connectivity index (χ2n) is 11.4. The van der Waals surface area contributed by atoms with Gasteiger partial charge in [-0.2, -0.15) is 9.57 Å². The normalized spacial score (nSPS) is 20.4. The minimum absolute atomic E-state index is 0.0915. The number of nitrogens with zero attached hydrogens (tertiary/aromatic N) is 3. The lowest BCUT2D eigenvalue weighted by Crippen LogP contribution is -2.52. The number of benzene rings is 3. The number of aryl methyl sites for hydroxylation is 1. The minimum atomic E-state index is -3.86. The van der Waals surface area contributed by atoms with E-state index in [0.29, 0.717) is 26.2 Å². The van der Waals surface area contributed by atoms with Gasteiger partial charge in [-0.05, 0) is 67.3 Å². The highest BCUT2D eigenvalue weighted by molar-refractivity contribution is 7.89. The fourth-order valence-corrected chi connectivity index (χ4v) is 7.71. The molecular formula is C34H41N3O6S. The molecule has 10 heteroatoms. The van der Waals surface area contributed by atoms with Crippen molar-refractivity contribution >= 4 is 15.7 Å². The number of methoxy groups -OCH3 is 2. The molecule has 44 heavy (non-hydrogen) atoms. The standard InChI is InChI=1S/C34H41N3O6S/c1-25-5-12-30(13-6-25)44(38,39)37-23-34(31(22-28(37)15-16-35)27-8-10-29(41-3)11-9-27)43-24-26-7-14-33-32(21-26)36(18-20-42-33)17-4-19-40-2/h5-14,21,28,31,34H,4,15,17-20,22-24H2,1-3H3/t28-,31-,34+/m1/s1. The third kappa shape index (κ3) is 7.19. The van der Waals surface area contributed by atoms with Crippen molar-refractivity contribution < 1.29 is 27.4 Å². The van der Waals surface area contributed by atoms with E-state index in [1.54, 1.807) is 38.5 Å². The Hall–Kier alpha value is -3.62. The molecular weight excluding hydrogens is 578 g/mol. The van der Waals surface area contributed by atoms with Crippen LogP contribution < -0.4 is 14.4 Å². The minimum Gasteiger partial charge on any atom is -0.497 e. The molecule has 0 N–H and O–H groups in total. The average molecular weight is 620 g/mol. The van der Waals surface area contributed by atoms with Crippen LogP contribution in [0.5, 0.6) is 11.5 Å². The van der Waals surface area contributed by atoms with Crippen molar-refractivity contribution in [2.45, 2.75) is 55.8 Å². The second kappa shape index (κ2) is 14.4. The predicted molar refractivity (Wildman–Crippen MR) is 169 cm³/mol. The molecule has 2 aliphatic heterocycles. The van der Waals surface area contributed by atoms with Crippen molar-refractivity contribution in [1.29, 1.82) is 5.26 Å². The van der Waals surface area contributed by atoms with Crippen molar-refractivity contribution in [3.63, 3.8) is 0 Å². The van der Waals surface area contributed by atoms with Crippen LogP contribution in [0.15, 0.2) is 71.6 Å². The molecule has 9 nitrogen and oxygen atoms in total. The molecule has 1 saturated heterocycles. The fraction of sp³-hybridized carbons (Fsp3) is 0.441. The van der Waals surface area contributed by atoms with Gasteiger partial charge in [0.25, 0.3) is 0 Å². The summed E-state index contributed by atoms with van der Waals surface area (Å²) in [5, 5.41) is 9.70. The van der Waals surface area contributed by atoms with E-state index >= 15 is 0 Å². The summed E-state index contributed by atoms with van der Waals surface area (Å²) in [4.78, 5) is 2.53. The van der Waals surface area contributed by atoms with Crippen LogP contribution in [0, 0.1) is 18.3 Å². The largest absolute Gasteiger partial charge is 0.497 e. The fourth-order valence-electron chi connectivity index (χ4n) is 6.06. The van der Waals surface area contributed by atoms with Crippen molar-refractivity contribution in [1.82, 2.24) is 4.31 Å².